The van der Waals surface area contributed by atoms with Crippen molar-refractivity contribution in [3.63, 3.8) is 0 Å². The van der Waals surface area contributed by atoms with E-state index in [0.717, 1.165) is 46.7 Å². The average molecular weight is 509 g/mol. The van der Waals surface area contributed by atoms with Crippen LogP contribution in [-0.2, 0) is 19.0 Å². The maximum Gasteiger partial charge on any atom is 0.274 e. The van der Waals surface area contributed by atoms with Gasteiger partial charge in [0.2, 0.25) is 0 Å². The van der Waals surface area contributed by atoms with Gasteiger partial charge < -0.3 is 20.2 Å². The van der Waals surface area contributed by atoms with Crippen molar-refractivity contribution < 1.29 is 4.79 Å². The van der Waals surface area contributed by atoms with Crippen molar-refractivity contribution in [2.45, 2.75) is 57.0 Å². The normalized spacial score (nSPS) is 21.6. The van der Waals surface area contributed by atoms with E-state index in [2.05, 4.69) is 49.9 Å². The number of benzene rings is 1. The maximum absolute atomic E-state index is 13.4. The molecule has 0 saturated heterocycles. The van der Waals surface area contributed by atoms with E-state index in [-0.39, 0.29) is 11.3 Å². The van der Waals surface area contributed by atoms with Crippen LogP contribution < -0.4 is 10.6 Å². The summed E-state index contributed by atoms with van der Waals surface area (Å²) in [5.74, 6) is 1.71. The Labute approximate surface area is 221 Å². The molecule has 9 heteroatoms. The molecule has 2 saturated carbocycles. The Morgan fingerprint density at radius 3 is 2.87 bits per heavy atom. The van der Waals surface area contributed by atoms with Crippen LogP contribution in [0.15, 0.2) is 48.9 Å². The number of rotatable bonds is 9. The highest BCUT2D eigenvalue weighted by Gasteiger charge is 2.49. The Kier molecular flexibility index (Phi) is 6.20. The molecule has 6 rings (SSSR count). The zero-order chi connectivity index (χ0) is 26.3. The molecule has 4 aromatic rings. The largest absolute Gasteiger partial charge is 0.360 e. The molecule has 0 bridgehead atoms. The number of hydrogen-bond acceptors (Lipinski definition) is 6. The molecular weight excluding hydrogens is 476 g/mol. The fraction of sp³-hybridized carbons (Fsp3) is 0.414. The topological polar surface area (TPSA) is 124 Å². The molecule has 3 aromatic heterocycles. The van der Waals surface area contributed by atoms with Crippen LogP contribution in [0.25, 0.3) is 11.0 Å². The highest BCUT2D eigenvalue weighted by Crippen LogP contribution is 2.53. The van der Waals surface area contributed by atoms with Crippen molar-refractivity contribution >= 4 is 22.6 Å². The number of nitriles is 1. The summed E-state index contributed by atoms with van der Waals surface area (Å²) >= 11 is 0. The number of carbonyl (C=O) groups excluding carboxylic acids is 1. The summed E-state index contributed by atoms with van der Waals surface area (Å²) in [6.07, 6.45) is 8.32. The van der Waals surface area contributed by atoms with Crippen molar-refractivity contribution in [2.75, 3.05) is 5.32 Å². The average Bonchev–Trinajstić information content (AvgIpc) is 3.49. The van der Waals surface area contributed by atoms with Crippen LogP contribution in [0.1, 0.15) is 66.5 Å². The number of aromatic nitrogens is 5. The minimum Gasteiger partial charge on any atom is -0.360 e. The number of pyridine rings is 1. The van der Waals surface area contributed by atoms with E-state index in [0.29, 0.717) is 36.3 Å². The first-order valence-electron chi connectivity index (χ1n) is 13.3. The van der Waals surface area contributed by atoms with E-state index in [1.165, 1.54) is 12.8 Å². The maximum atomic E-state index is 13.4. The molecule has 194 valence electrons. The van der Waals surface area contributed by atoms with Crippen LogP contribution in [-0.4, -0.2) is 36.7 Å². The quantitative estimate of drug-likeness (QED) is 0.307. The van der Waals surface area contributed by atoms with Crippen molar-refractivity contribution in [3.05, 3.63) is 71.6 Å². The molecular formula is C29H32N8O. The molecule has 0 spiro atoms. The van der Waals surface area contributed by atoms with Crippen LogP contribution in [0, 0.1) is 23.2 Å². The lowest BCUT2D eigenvalue weighted by Crippen LogP contribution is -2.44. The molecule has 0 aliphatic heterocycles. The summed E-state index contributed by atoms with van der Waals surface area (Å²) < 4.78 is 1.95. The van der Waals surface area contributed by atoms with Gasteiger partial charge in [-0.25, -0.2) is 4.98 Å². The number of hydrogen-bond donors (Lipinski definition) is 3. The predicted molar refractivity (Wildman–Crippen MR) is 144 cm³/mol. The number of anilines is 1. The summed E-state index contributed by atoms with van der Waals surface area (Å²) in [5.41, 5.74) is 4.60. The minimum absolute atomic E-state index is 0.245. The number of aromatic amines is 1. The molecule has 1 atom stereocenters. The fourth-order valence-corrected chi connectivity index (χ4v) is 5.95. The molecule has 2 aliphatic carbocycles. The van der Waals surface area contributed by atoms with Gasteiger partial charge in [-0.05, 0) is 79.8 Å². The van der Waals surface area contributed by atoms with E-state index in [1.807, 2.05) is 48.1 Å². The highest BCUT2D eigenvalue weighted by atomic mass is 16.1. The third kappa shape index (κ3) is 4.45. The van der Waals surface area contributed by atoms with E-state index < -0.39 is 0 Å². The van der Waals surface area contributed by atoms with E-state index in [9.17, 15) is 10.1 Å². The Morgan fingerprint density at radius 2 is 2.13 bits per heavy atom. The standard InChI is InChI=1S/C29H32N8O/c1-18(20-6-7-20)32-16-21-12-25(35-24-9-11-31-26(21)24)27(38)34-23-5-3-4-22(13-23)29(14-19(15-29)8-10-30)28-36-33-17-37(28)2/h3-5,9,11-13,17-20,31-32H,6-8,14-16H2,1-2H3,(H,34,38)/t18-,19?,29?/m0/s1. The van der Waals surface area contributed by atoms with Gasteiger partial charge in [0.15, 0.2) is 0 Å². The Morgan fingerprint density at radius 1 is 1.29 bits per heavy atom. The van der Waals surface area contributed by atoms with Crippen molar-refractivity contribution in [2.24, 2.45) is 18.9 Å². The molecule has 0 radical (unpaired) electrons. The van der Waals surface area contributed by atoms with Gasteiger partial charge in [-0.15, -0.1) is 10.2 Å². The molecule has 38 heavy (non-hydrogen) atoms. The van der Waals surface area contributed by atoms with Gasteiger partial charge in [-0.3, -0.25) is 4.79 Å². The minimum atomic E-state index is -0.327. The number of carbonyl (C=O) groups is 1. The molecule has 2 aliphatic rings. The highest BCUT2D eigenvalue weighted by molar-refractivity contribution is 6.04. The van der Waals surface area contributed by atoms with Gasteiger partial charge in [0.25, 0.3) is 5.91 Å². The molecule has 9 nitrogen and oxygen atoms in total. The Bertz CT molecular complexity index is 1520. The Hall–Kier alpha value is -4.03. The van der Waals surface area contributed by atoms with Gasteiger partial charge in [0.05, 0.1) is 22.5 Å². The number of nitrogens with zero attached hydrogens (tertiary/aromatic N) is 5. The van der Waals surface area contributed by atoms with Gasteiger partial charge in [-0.1, -0.05) is 12.1 Å². The van der Waals surface area contributed by atoms with Gasteiger partial charge >= 0.3 is 0 Å². The second kappa shape index (κ2) is 9.69. The summed E-state index contributed by atoms with van der Waals surface area (Å²) in [7, 11) is 1.95. The van der Waals surface area contributed by atoms with Crippen LogP contribution >= 0.6 is 0 Å². The smallest absolute Gasteiger partial charge is 0.274 e. The molecule has 2 fully saturated rings. The lowest BCUT2D eigenvalue weighted by atomic mass is 9.57. The third-order valence-electron chi connectivity index (χ3n) is 8.24. The fourth-order valence-electron chi connectivity index (χ4n) is 5.95. The second-order valence-corrected chi connectivity index (χ2v) is 10.9. The first-order chi connectivity index (χ1) is 18.5. The number of fused-ring (bicyclic) bond motifs is 1. The number of aryl methyl sites for hydroxylation is 1. The molecule has 3 N–H and O–H groups in total. The molecule has 0 unspecified atom stereocenters. The van der Waals surface area contributed by atoms with Crippen LogP contribution in [0.5, 0.6) is 0 Å². The monoisotopic (exact) mass is 508 g/mol. The number of amides is 1. The van der Waals surface area contributed by atoms with Crippen molar-refractivity contribution in [3.8, 4) is 6.07 Å². The zero-order valence-electron chi connectivity index (χ0n) is 21.7. The number of H-pyrrole nitrogens is 1. The van der Waals surface area contributed by atoms with Crippen LogP contribution in [0.4, 0.5) is 5.69 Å². The SMILES string of the molecule is C[C@H](NCc1cc(C(=O)Nc2cccc(C3(c4nncn4C)CC(CC#N)C3)c2)nc2cc[nH]c12)C1CC1. The first kappa shape index (κ1) is 24.3. The Balaban J connectivity index is 1.25. The zero-order valence-corrected chi connectivity index (χ0v) is 21.7. The predicted octanol–water partition coefficient (Wildman–Crippen LogP) is 4.44. The van der Waals surface area contributed by atoms with Crippen molar-refractivity contribution in [1.29, 1.82) is 5.26 Å². The summed E-state index contributed by atoms with van der Waals surface area (Å²) in [4.78, 5) is 21.3. The number of nitrogens with one attached hydrogen (secondary N) is 3. The summed E-state index contributed by atoms with van der Waals surface area (Å²) in [6.45, 7) is 2.90. The van der Waals surface area contributed by atoms with Crippen molar-refractivity contribution in [1.82, 2.24) is 30.0 Å². The van der Waals surface area contributed by atoms with E-state index in [4.69, 9.17) is 0 Å². The lowest BCUT2D eigenvalue weighted by Gasteiger charge is -2.46. The van der Waals surface area contributed by atoms with E-state index >= 15 is 0 Å². The third-order valence-corrected chi connectivity index (χ3v) is 8.24. The lowest BCUT2D eigenvalue weighted by molar-refractivity contribution is 0.102. The van der Waals surface area contributed by atoms with Gasteiger partial charge in [0.1, 0.15) is 17.8 Å². The van der Waals surface area contributed by atoms with Gasteiger partial charge in [-0.2, -0.15) is 5.26 Å². The molecule has 1 aromatic carbocycles. The molecule has 3 heterocycles. The molecule has 1 amide bonds. The van der Waals surface area contributed by atoms with E-state index in [1.54, 1.807) is 6.33 Å². The van der Waals surface area contributed by atoms with Crippen LogP contribution in [0.3, 0.4) is 0 Å². The van der Waals surface area contributed by atoms with Gasteiger partial charge in [0, 0.05) is 37.9 Å². The first-order valence-corrected chi connectivity index (χ1v) is 13.3. The second-order valence-electron chi connectivity index (χ2n) is 10.9. The summed E-state index contributed by atoms with van der Waals surface area (Å²) in [6, 6.07) is 14.5. The van der Waals surface area contributed by atoms with Crippen LogP contribution in [0.2, 0.25) is 0 Å². The summed E-state index contributed by atoms with van der Waals surface area (Å²) in [5, 5.41) is 24.4.